The van der Waals surface area contributed by atoms with Gasteiger partial charge in [-0.15, -0.1) is 29.6 Å². The van der Waals surface area contributed by atoms with Gasteiger partial charge in [-0.05, 0) is 61.2 Å². The summed E-state index contributed by atoms with van der Waals surface area (Å²) in [6, 6.07) is 10.1. The fourth-order valence-electron chi connectivity index (χ4n) is 3.72. The van der Waals surface area contributed by atoms with E-state index < -0.39 is 21.7 Å². The molecule has 0 radical (unpaired) electrons. The lowest BCUT2D eigenvalue weighted by atomic mass is 10.1. The number of nitrogens with one attached hydrogen (secondary N) is 2. The Balaban J connectivity index is 1.51. The van der Waals surface area contributed by atoms with Crippen molar-refractivity contribution in [2.45, 2.75) is 35.6 Å². The lowest BCUT2D eigenvalue weighted by molar-refractivity contribution is -0.117. The number of hydrogen-bond acceptors (Lipinski definition) is 2. The summed E-state index contributed by atoms with van der Waals surface area (Å²) in [5, 5.41) is 6.41. The third-order valence-corrected chi connectivity index (χ3v) is 7.11. The molecule has 31 heavy (non-hydrogen) atoms. The number of anilines is 1. The summed E-state index contributed by atoms with van der Waals surface area (Å²) in [5.74, 6) is 0.786. The third-order valence-electron chi connectivity index (χ3n) is 5.62. The Morgan fingerprint density at radius 2 is 1.84 bits per heavy atom. The smallest absolute Gasteiger partial charge is 0.254 e. The molecule has 0 bridgehead atoms. The molecule has 2 unspecified atom stereocenters. The number of aryl methyl sites for hydroxylation is 1. The zero-order chi connectivity index (χ0) is 22.6. The first-order chi connectivity index (χ1) is 14.6. The summed E-state index contributed by atoms with van der Waals surface area (Å²) in [5.41, 5.74) is 1.78. The van der Waals surface area contributed by atoms with Crippen LogP contribution in [0.15, 0.2) is 36.4 Å². The van der Waals surface area contributed by atoms with Crippen LogP contribution in [-0.2, 0) is 4.79 Å². The standard InChI is InChI=1S/C23H18Cl4N2O2/c1-3-22(6-7-22)29-20(30)16-11-15(4-5-17(16)25)28-21(31)19-18(23(19,26)27)13-8-12(2)9-14(24)10-13/h1,4-5,8-11,18-19H,6-7H2,2H3,(H,28,31)(H,29,30). The molecule has 2 fully saturated rings. The molecule has 2 saturated carbocycles. The van der Waals surface area contributed by atoms with Gasteiger partial charge < -0.3 is 10.6 Å². The van der Waals surface area contributed by atoms with E-state index in [1.165, 1.54) is 6.07 Å². The van der Waals surface area contributed by atoms with Crippen LogP contribution >= 0.6 is 46.4 Å². The van der Waals surface area contributed by atoms with E-state index in [0.717, 1.165) is 24.0 Å². The first-order valence-electron chi connectivity index (χ1n) is 9.62. The quantitative estimate of drug-likeness (QED) is 0.411. The fourth-order valence-corrected chi connectivity index (χ4v) is 5.05. The molecule has 2 aliphatic rings. The van der Waals surface area contributed by atoms with Crippen LogP contribution in [0.5, 0.6) is 0 Å². The minimum atomic E-state index is -1.25. The predicted octanol–water partition coefficient (Wildman–Crippen LogP) is 5.72. The summed E-state index contributed by atoms with van der Waals surface area (Å²) in [6.45, 7) is 1.91. The van der Waals surface area contributed by atoms with Crippen molar-refractivity contribution < 1.29 is 9.59 Å². The van der Waals surface area contributed by atoms with E-state index in [9.17, 15) is 9.59 Å². The lowest BCUT2D eigenvalue weighted by Gasteiger charge is -2.13. The minimum absolute atomic E-state index is 0.224. The number of carbonyl (C=O) groups is 2. The van der Waals surface area contributed by atoms with Crippen LogP contribution in [0.1, 0.15) is 40.2 Å². The second kappa shape index (κ2) is 7.90. The molecule has 2 aromatic rings. The van der Waals surface area contributed by atoms with Gasteiger partial charge in [0.05, 0.1) is 16.5 Å². The number of alkyl halides is 2. The number of carbonyl (C=O) groups excluding carboxylic acids is 2. The molecule has 2 N–H and O–H groups in total. The van der Waals surface area contributed by atoms with E-state index in [0.29, 0.717) is 10.7 Å². The SMILES string of the molecule is C#CC1(NC(=O)c2cc(NC(=O)C3C(c4cc(C)cc(Cl)c4)C3(Cl)Cl)ccc2Cl)CC1. The van der Waals surface area contributed by atoms with E-state index in [4.69, 9.17) is 52.8 Å². The Kier molecular flexibility index (Phi) is 5.69. The van der Waals surface area contributed by atoms with Crippen LogP contribution in [0.4, 0.5) is 5.69 Å². The highest BCUT2D eigenvalue weighted by Gasteiger charge is 2.67. The predicted molar refractivity (Wildman–Crippen MR) is 125 cm³/mol. The van der Waals surface area contributed by atoms with Crippen molar-refractivity contribution in [3.05, 3.63) is 63.1 Å². The molecular weight excluding hydrogens is 478 g/mol. The second-order valence-electron chi connectivity index (χ2n) is 8.06. The van der Waals surface area contributed by atoms with Crippen LogP contribution in [0.25, 0.3) is 0 Å². The number of hydrogen-bond donors (Lipinski definition) is 2. The van der Waals surface area contributed by atoms with Crippen LogP contribution in [0.2, 0.25) is 10.0 Å². The minimum Gasteiger partial charge on any atom is -0.336 e. The van der Waals surface area contributed by atoms with Gasteiger partial charge in [0.1, 0.15) is 9.87 Å². The van der Waals surface area contributed by atoms with Crippen molar-refractivity contribution in [1.82, 2.24) is 5.32 Å². The second-order valence-corrected chi connectivity index (χ2v) is 10.3. The van der Waals surface area contributed by atoms with Crippen LogP contribution < -0.4 is 10.6 Å². The summed E-state index contributed by atoms with van der Waals surface area (Å²) in [4.78, 5) is 25.5. The van der Waals surface area contributed by atoms with E-state index in [2.05, 4.69) is 16.6 Å². The zero-order valence-corrected chi connectivity index (χ0v) is 19.5. The summed E-state index contributed by atoms with van der Waals surface area (Å²) in [6.07, 6.45) is 6.94. The van der Waals surface area contributed by atoms with Crippen molar-refractivity contribution in [3.8, 4) is 12.3 Å². The maximum absolute atomic E-state index is 12.9. The number of amides is 2. The molecule has 0 heterocycles. The van der Waals surface area contributed by atoms with Gasteiger partial charge in [0.15, 0.2) is 0 Å². The monoisotopic (exact) mass is 494 g/mol. The van der Waals surface area contributed by atoms with E-state index >= 15 is 0 Å². The lowest BCUT2D eigenvalue weighted by Crippen LogP contribution is -2.35. The molecule has 2 amide bonds. The number of terminal acetylenes is 1. The Bertz CT molecular complexity index is 1110. The largest absolute Gasteiger partial charge is 0.336 e. The molecule has 0 aromatic heterocycles. The number of benzene rings is 2. The van der Waals surface area contributed by atoms with Crippen LogP contribution in [0.3, 0.4) is 0 Å². The first kappa shape index (κ1) is 22.3. The maximum atomic E-state index is 12.9. The van der Waals surface area contributed by atoms with Gasteiger partial charge in [-0.1, -0.05) is 35.2 Å². The third kappa shape index (κ3) is 4.38. The molecule has 2 aliphatic carbocycles. The highest BCUT2D eigenvalue weighted by Crippen LogP contribution is 2.65. The van der Waals surface area contributed by atoms with Crippen molar-refractivity contribution >= 4 is 63.9 Å². The Labute approximate surface area is 200 Å². The Morgan fingerprint density at radius 1 is 1.13 bits per heavy atom. The van der Waals surface area contributed by atoms with Crippen molar-refractivity contribution in [3.63, 3.8) is 0 Å². The normalized spacial score (nSPS) is 22.2. The topological polar surface area (TPSA) is 58.2 Å². The maximum Gasteiger partial charge on any atom is 0.254 e. The van der Waals surface area contributed by atoms with Crippen molar-refractivity contribution in [2.75, 3.05) is 5.32 Å². The van der Waals surface area contributed by atoms with Gasteiger partial charge in [-0.25, -0.2) is 0 Å². The van der Waals surface area contributed by atoms with E-state index in [1.54, 1.807) is 18.2 Å². The Hall–Kier alpha value is -1.90. The summed E-state index contributed by atoms with van der Waals surface area (Å²) >= 11 is 25.2. The molecule has 0 aliphatic heterocycles. The van der Waals surface area contributed by atoms with Crippen molar-refractivity contribution in [2.24, 2.45) is 5.92 Å². The molecule has 2 atom stereocenters. The number of halogens is 4. The van der Waals surface area contributed by atoms with Crippen molar-refractivity contribution in [1.29, 1.82) is 0 Å². The molecule has 4 rings (SSSR count). The van der Waals surface area contributed by atoms with E-state index in [-0.39, 0.29) is 22.4 Å². The number of rotatable bonds is 5. The highest BCUT2D eigenvalue weighted by molar-refractivity contribution is 6.53. The average Bonchev–Trinajstić information content (AvgIpc) is 3.57. The molecule has 0 saturated heterocycles. The van der Waals surface area contributed by atoms with Gasteiger partial charge in [0.2, 0.25) is 5.91 Å². The first-order valence-corrected chi connectivity index (χ1v) is 11.1. The van der Waals surface area contributed by atoms with Gasteiger partial charge in [-0.3, -0.25) is 9.59 Å². The summed E-state index contributed by atoms with van der Waals surface area (Å²) in [7, 11) is 0. The van der Waals surface area contributed by atoms with Gasteiger partial charge >= 0.3 is 0 Å². The van der Waals surface area contributed by atoms with Gasteiger partial charge in [-0.2, -0.15) is 0 Å². The summed E-state index contributed by atoms with van der Waals surface area (Å²) < 4.78 is -1.25. The van der Waals surface area contributed by atoms with Gasteiger partial charge in [0.25, 0.3) is 5.91 Å². The fraction of sp³-hybridized carbons (Fsp3) is 0.304. The van der Waals surface area contributed by atoms with Crippen LogP contribution in [0, 0.1) is 25.2 Å². The average molecular weight is 496 g/mol. The molecule has 8 heteroatoms. The Morgan fingerprint density at radius 3 is 2.45 bits per heavy atom. The molecular formula is C23H18Cl4N2O2. The zero-order valence-electron chi connectivity index (χ0n) is 16.4. The van der Waals surface area contributed by atoms with Crippen LogP contribution in [-0.4, -0.2) is 21.7 Å². The highest BCUT2D eigenvalue weighted by atomic mass is 35.5. The van der Waals surface area contributed by atoms with Gasteiger partial charge in [0, 0.05) is 16.6 Å². The molecule has 2 aromatic carbocycles. The molecule has 4 nitrogen and oxygen atoms in total. The van der Waals surface area contributed by atoms with E-state index in [1.807, 2.05) is 19.1 Å². The molecule has 160 valence electrons. The molecule has 0 spiro atoms.